The molecule has 0 saturated heterocycles. The van der Waals surface area contributed by atoms with E-state index in [-0.39, 0.29) is 59.5 Å². The van der Waals surface area contributed by atoms with E-state index in [1.54, 1.807) is 0 Å². The molecule has 1 aliphatic carbocycles. The highest BCUT2D eigenvalue weighted by Gasteiger charge is 2.28. The number of rotatable bonds is 14. The second kappa shape index (κ2) is 13.4. The van der Waals surface area contributed by atoms with Crippen molar-refractivity contribution in [3.63, 3.8) is 0 Å². The van der Waals surface area contributed by atoms with Crippen LogP contribution in [0.3, 0.4) is 0 Å². The maximum Gasteiger partial charge on any atom is 0.387 e. The number of carbonyl (C=O) groups excluding carboxylic acids is 2. The lowest BCUT2D eigenvalue weighted by molar-refractivity contribution is -0.138. The van der Waals surface area contributed by atoms with E-state index in [0.29, 0.717) is 12.0 Å². The molecule has 1 fully saturated rings. The molecule has 224 valence electrons. The summed E-state index contributed by atoms with van der Waals surface area (Å²) in [5.74, 6) is -4.44. The molecule has 1 aliphatic rings. The summed E-state index contributed by atoms with van der Waals surface area (Å²) >= 11 is 0. The molecular weight excluding hydrogens is 566 g/mol. The number of carboxylic acids is 1. The Morgan fingerprint density at radius 3 is 2.52 bits per heavy atom. The Kier molecular flexibility index (Phi) is 9.65. The summed E-state index contributed by atoms with van der Waals surface area (Å²) < 4.78 is 69.3. The molecule has 0 radical (unpaired) electrons. The van der Waals surface area contributed by atoms with Crippen molar-refractivity contribution >= 4 is 17.8 Å². The standard InChI is InChI=1S/C28H27F4N3O7/c1-14(34-22(36)8-9-23(37)38)25-24(26(39)33-12-17-4-6-18(29)11-19(17)30)35-27(42-25)16-5-7-20(41-28(31)32)21(10-16)40-13-15-2-3-15/h4-7,10-11,14-15,28H,2-3,8-9,12-13H2,1H3,(H,33,39)(H,34,36)(H,37,38)/t14-/m0/s1. The Balaban J connectivity index is 1.63. The quantitative estimate of drug-likeness (QED) is 0.222. The summed E-state index contributed by atoms with van der Waals surface area (Å²) in [6.45, 7) is -1.67. The topological polar surface area (TPSA) is 140 Å². The van der Waals surface area contributed by atoms with Gasteiger partial charge in [-0.3, -0.25) is 14.4 Å². The van der Waals surface area contributed by atoms with Crippen LogP contribution in [0.2, 0.25) is 0 Å². The zero-order valence-electron chi connectivity index (χ0n) is 22.3. The van der Waals surface area contributed by atoms with E-state index in [0.717, 1.165) is 25.0 Å². The largest absolute Gasteiger partial charge is 0.489 e. The van der Waals surface area contributed by atoms with E-state index >= 15 is 0 Å². The van der Waals surface area contributed by atoms with Crippen molar-refractivity contribution in [1.82, 2.24) is 15.6 Å². The highest BCUT2D eigenvalue weighted by Crippen LogP contribution is 2.37. The highest BCUT2D eigenvalue weighted by molar-refractivity contribution is 5.94. The van der Waals surface area contributed by atoms with E-state index in [4.69, 9.17) is 14.3 Å². The van der Waals surface area contributed by atoms with Crippen LogP contribution in [-0.2, 0) is 16.1 Å². The SMILES string of the molecule is C[C@H](NC(=O)CCC(=O)O)c1oc(-c2ccc(OC(F)F)c(OCC3CC3)c2)nc1C(=O)NCc1ccc(F)cc1F. The van der Waals surface area contributed by atoms with Crippen molar-refractivity contribution < 1.29 is 50.9 Å². The van der Waals surface area contributed by atoms with Gasteiger partial charge in [-0.2, -0.15) is 8.78 Å². The molecule has 0 unspecified atom stereocenters. The van der Waals surface area contributed by atoms with Crippen LogP contribution in [-0.4, -0.2) is 41.1 Å². The number of aromatic nitrogens is 1. The van der Waals surface area contributed by atoms with Crippen molar-refractivity contribution in [2.75, 3.05) is 6.61 Å². The van der Waals surface area contributed by atoms with Gasteiger partial charge < -0.3 is 29.6 Å². The first kappa shape index (κ1) is 30.3. The molecule has 0 spiro atoms. The number of halogens is 4. The van der Waals surface area contributed by atoms with Crippen LogP contribution in [0, 0.1) is 17.6 Å². The monoisotopic (exact) mass is 593 g/mol. The fourth-order valence-electron chi connectivity index (χ4n) is 3.87. The Morgan fingerprint density at radius 1 is 1.10 bits per heavy atom. The summed E-state index contributed by atoms with van der Waals surface area (Å²) in [6, 6.07) is 5.86. The summed E-state index contributed by atoms with van der Waals surface area (Å²) in [5, 5.41) is 13.8. The van der Waals surface area contributed by atoms with Gasteiger partial charge in [-0.25, -0.2) is 13.8 Å². The van der Waals surface area contributed by atoms with E-state index in [2.05, 4.69) is 20.4 Å². The molecule has 1 atom stereocenters. The first-order valence-electron chi connectivity index (χ1n) is 13.0. The van der Waals surface area contributed by atoms with Gasteiger partial charge in [-0.05, 0) is 49.9 Å². The Hall–Kier alpha value is -4.62. The van der Waals surface area contributed by atoms with E-state index < -0.39 is 48.5 Å². The molecule has 42 heavy (non-hydrogen) atoms. The van der Waals surface area contributed by atoms with Crippen LogP contribution in [0.5, 0.6) is 11.5 Å². The lowest BCUT2D eigenvalue weighted by Crippen LogP contribution is -2.30. The number of oxazole rings is 1. The molecule has 10 nitrogen and oxygen atoms in total. The Morgan fingerprint density at radius 2 is 1.86 bits per heavy atom. The number of carbonyl (C=O) groups is 3. The van der Waals surface area contributed by atoms with Crippen LogP contribution >= 0.6 is 0 Å². The van der Waals surface area contributed by atoms with Crippen molar-refractivity contribution in [2.45, 2.75) is 51.8 Å². The molecule has 3 N–H and O–H groups in total. The number of benzene rings is 2. The Labute approximate surface area is 237 Å². The summed E-state index contributed by atoms with van der Waals surface area (Å²) in [4.78, 5) is 40.5. The van der Waals surface area contributed by atoms with Crippen LogP contribution < -0.4 is 20.1 Å². The molecular formula is C28H27F4N3O7. The van der Waals surface area contributed by atoms with Gasteiger partial charge >= 0.3 is 12.6 Å². The number of amides is 2. The average molecular weight is 594 g/mol. The molecule has 0 aliphatic heterocycles. The van der Waals surface area contributed by atoms with Gasteiger partial charge in [-0.15, -0.1) is 0 Å². The minimum absolute atomic E-state index is 0.00267. The molecule has 1 aromatic heterocycles. The van der Waals surface area contributed by atoms with E-state index in [1.807, 2.05) is 0 Å². The number of ether oxygens (including phenoxy) is 2. The van der Waals surface area contributed by atoms with Crippen LogP contribution in [0.1, 0.15) is 60.5 Å². The number of hydrogen-bond acceptors (Lipinski definition) is 7. The Bertz CT molecular complexity index is 1460. The number of hydrogen-bond donors (Lipinski definition) is 3. The molecule has 1 heterocycles. The summed E-state index contributed by atoms with van der Waals surface area (Å²) in [7, 11) is 0. The zero-order valence-corrected chi connectivity index (χ0v) is 22.3. The van der Waals surface area contributed by atoms with Gasteiger partial charge in [0.05, 0.1) is 19.1 Å². The van der Waals surface area contributed by atoms with Crippen molar-refractivity contribution in [3.8, 4) is 23.0 Å². The van der Waals surface area contributed by atoms with Crippen molar-refractivity contribution in [1.29, 1.82) is 0 Å². The third-order valence-corrected chi connectivity index (χ3v) is 6.24. The minimum Gasteiger partial charge on any atom is -0.489 e. The molecule has 3 aromatic rings. The number of aliphatic carboxylic acids is 1. The lowest BCUT2D eigenvalue weighted by atomic mass is 10.1. The molecule has 4 rings (SSSR count). The van der Waals surface area contributed by atoms with Gasteiger partial charge in [0.2, 0.25) is 11.8 Å². The maximum atomic E-state index is 14.1. The highest BCUT2D eigenvalue weighted by atomic mass is 19.3. The molecule has 14 heteroatoms. The number of nitrogens with one attached hydrogen (secondary N) is 2. The average Bonchev–Trinajstić information content (AvgIpc) is 3.65. The predicted octanol–water partition coefficient (Wildman–Crippen LogP) is 4.98. The molecule has 1 saturated carbocycles. The molecule has 2 amide bonds. The van der Waals surface area contributed by atoms with Gasteiger partial charge in [0.1, 0.15) is 11.6 Å². The zero-order chi connectivity index (χ0) is 30.4. The first-order valence-corrected chi connectivity index (χ1v) is 13.0. The smallest absolute Gasteiger partial charge is 0.387 e. The third kappa shape index (κ3) is 8.21. The van der Waals surface area contributed by atoms with Crippen LogP contribution in [0.4, 0.5) is 17.6 Å². The van der Waals surface area contributed by atoms with Crippen LogP contribution in [0.25, 0.3) is 11.5 Å². The van der Waals surface area contributed by atoms with Gasteiger partial charge in [0.25, 0.3) is 5.91 Å². The molecule has 2 aromatic carbocycles. The second-order valence-corrected chi connectivity index (χ2v) is 9.63. The van der Waals surface area contributed by atoms with Gasteiger partial charge in [-0.1, -0.05) is 6.07 Å². The van der Waals surface area contributed by atoms with Crippen molar-refractivity contribution in [3.05, 3.63) is 65.1 Å². The first-order chi connectivity index (χ1) is 20.0. The minimum atomic E-state index is -3.10. The maximum absolute atomic E-state index is 14.1. The van der Waals surface area contributed by atoms with Gasteiger partial charge in [0.15, 0.2) is 23.0 Å². The number of carboxylic acid groups (broad SMARTS) is 1. The number of nitrogens with zero attached hydrogens (tertiary/aromatic N) is 1. The third-order valence-electron chi connectivity index (χ3n) is 6.24. The fraction of sp³-hybridized carbons (Fsp3) is 0.357. The number of alkyl halides is 2. The fourth-order valence-corrected chi connectivity index (χ4v) is 3.87. The second-order valence-electron chi connectivity index (χ2n) is 9.63. The summed E-state index contributed by atoms with van der Waals surface area (Å²) in [6.07, 6.45) is 1.14. The van der Waals surface area contributed by atoms with Crippen LogP contribution in [0.15, 0.2) is 40.8 Å². The summed E-state index contributed by atoms with van der Waals surface area (Å²) in [5.41, 5.74) is -0.0549. The lowest BCUT2D eigenvalue weighted by Gasteiger charge is -2.13. The normalized spacial score (nSPS) is 13.5. The molecule has 0 bridgehead atoms. The predicted molar refractivity (Wildman–Crippen MR) is 138 cm³/mol. The van der Waals surface area contributed by atoms with E-state index in [1.165, 1.54) is 25.1 Å². The van der Waals surface area contributed by atoms with Gasteiger partial charge in [0, 0.05) is 30.2 Å². The van der Waals surface area contributed by atoms with Crippen molar-refractivity contribution in [2.24, 2.45) is 5.92 Å². The van der Waals surface area contributed by atoms with E-state index in [9.17, 15) is 31.9 Å².